The minimum absolute atomic E-state index is 0.0670. The summed E-state index contributed by atoms with van der Waals surface area (Å²) in [6.45, 7) is 0. The second-order valence-electron chi connectivity index (χ2n) is 6.46. The third-order valence-electron chi connectivity index (χ3n) is 4.29. The smallest absolute Gasteiger partial charge is 0.307 e. The van der Waals surface area contributed by atoms with Gasteiger partial charge in [-0.1, -0.05) is 41.9 Å². The molecule has 0 spiro atoms. The summed E-state index contributed by atoms with van der Waals surface area (Å²) in [5.74, 6) is -0.169. The minimum Gasteiger partial charge on any atom is -0.307 e. The molecule has 8 nitrogen and oxygen atoms in total. The van der Waals surface area contributed by atoms with Crippen LogP contribution in [0.4, 0.5) is 16.2 Å². The van der Waals surface area contributed by atoms with Gasteiger partial charge in [0.1, 0.15) is 4.21 Å². The van der Waals surface area contributed by atoms with Crippen LogP contribution in [-0.2, 0) is 14.8 Å². The van der Waals surface area contributed by atoms with Crippen molar-refractivity contribution in [2.24, 2.45) is 5.10 Å². The first-order valence-corrected chi connectivity index (χ1v) is 11.6. The summed E-state index contributed by atoms with van der Waals surface area (Å²) in [6.07, 6.45) is 0.191. The highest BCUT2D eigenvalue weighted by Crippen LogP contribution is 2.26. The quantitative estimate of drug-likeness (QED) is 0.581. The number of sulfonamides is 1. The van der Waals surface area contributed by atoms with E-state index in [1.54, 1.807) is 24.3 Å². The lowest BCUT2D eigenvalue weighted by Gasteiger charge is -2.13. The van der Waals surface area contributed by atoms with E-state index in [1.165, 1.54) is 17.1 Å². The zero-order chi connectivity index (χ0) is 22.0. The fraction of sp³-hybridized carbons (Fsp3) is 0.0500. The van der Waals surface area contributed by atoms with E-state index in [-0.39, 0.29) is 16.5 Å². The van der Waals surface area contributed by atoms with E-state index < -0.39 is 16.1 Å². The maximum atomic E-state index is 12.4. The number of halogens is 1. The van der Waals surface area contributed by atoms with Crippen molar-refractivity contribution in [1.29, 1.82) is 0 Å². The molecule has 4 rings (SSSR count). The lowest BCUT2D eigenvalue weighted by molar-refractivity contribution is -0.116. The number of thiophene rings is 1. The maximum Gasteiger partial charge on any atom is 0.333 e. The van der Waals surface area contributed by atoms with Crippen molar-refractivity contribution in [2.45, 2.75) is 10.6 Å². The van der Waals surface area contributed by atoms with Crippen LogP contribution in [-0.4, -0.2) is 26.1 Å². The molecule has 0 saturated heterocycles. The number of nitrogens with one attached hydrogen (secondary N) is 2. The first kappa shape index (κ1) is 21.0. The molecule has 1 aromatic heterocycles. The lowest BCUT2D eigenvalue weighted by Crippen LogP contribution is -2.33. The standard InChI is InChI=1S/C20H15ClN4O4S2/c21-17-10-11-19(30-17)31(28,29)24-20(27)22-14-6-8-15(9-7-14)25-18(26)12-16(23-25)13-4-2-1-3-5-13/h1-11H,12H2,(H2,22,24,27). The predicted octanol–water partition coefficient (Wildman–Crippen LogP) is 4.05. The van der Waals surface area contributed by atoms with Crippen LogP contribution in [0, 0.1) is 0 Å². The van der Waals surface area contributed by atoms with Crippen molar-refractivity contribution in [1.82, 2.24) is 4.72 Å². The van der Waals surface area contributed by atoms with Crippen molar-refractivity contribution in [3.8, 4) is 0 Å². The number of carbonyl (C=O) groups is 2. The average Bonchev–Trinajstić information content (AvgIpc) is 3.35. The van der Waals surface area contributed by atoms with Gasteiger partial charge in [0, 0.05) is 5.69 Å². The highest BCUT2D eigenvalue weighted by molar-refractivity contribution is 7.92. The third-order valence-corrected chi connectivity index (χ3v) is 7.35. The Morgan fingerprint density at radius 3 is 2.39 bits per heavy atom. The number of hydrogen-bond donors (Lipinski definition) is 2. The number of rotatable bonds is 5. The molecule has 0 bridgehead atoms. The Hall–Kier alpha value is -3.21. The number of urea groups is 1. The summed E-state index contributed by atoms with van der Waals surface area (Å²) in [7, 11) is -4.02. The molecule has 2 aromatic carbocycles. The van der Waals surface area contributed by atoms with Gasteiger partial charge in [0.15, 0.2) is 0 Å². The van der Waals surface area contributed by atoms with E-state index in [1.807, 2.05) is 35.1 Å². The van der Waals surface area contributed by atoms with Crippen molar-refractivity contribution in [2.75, 3.05) is 10.3 Å². The lowest BCUT2D eigenvalue weighted by atomic mass is 10.1. The molecular weight excluding hydrogens is 460 g/mol. The number of hydrogen-bond acceptors (Lipinski definition) is 6. The molecule has 11 heteroatoms. The summed E-state index contributed by atoms with van der Waals surface area (Å²) in [5, 5.41) is 8.14. The van der Waals surface area contributed by atoms with Crippen molar-refractivity contribution in [3.63, 3.8) is 0 Å². The summed E-state index contributed by atoms with van der Waals surface area (Å²) in [5.41, 5.74) is 2.43. The molecule has 0 fully saturated rings. The van der Waals surface area contributed by atoms with Gasteiger partial charge in [0.2, 0.25) is 0 Å². The molecule has 1 aliphatic heterocycles. The van der Waals surface area contributed by atoms with E-state index in [9.17, 15) is 18.0 Å². The van der Waals surface area contributed by atoms with Crippen LogP contribution in [0.5, 0.6) is 0 Å². The first-order chi connectivity index (χ1) is 14.8. The monoisotopic (exact) mass is 474 g/mol. The first-order valence-electron chi connectivity index (χ1n) is 8.97. The summed E-state index contributed by atoms with van der Waals surface area (Å²) >= 11 is 6.59. The number of nitrogens with zero attached hydrogens (tertiary/aromatic N) is 2. The van der Waals surface area contributed by atoms with Gasteiger partial charge in [-0.05, 0) is 42.0 Å². The van der Waals surface area contributed by atoms with Crippen LogP contribution >= 0.6 is 22.9 Å². The van der Waals surface area contributed by atoms with Gasteiger partial charge in [-0.15, -0.1) is 11.3 Å². The Bertz CT molecular complexity index is 1270. The van der Waals surface area contributed by atoms with Crippen LogP contribution in [0.3, 0.4) is 0 Å². The van der Waals surface area contributed by atoms with Crippen molar-refractivity contribution >= 4 is 62.0 Å². The summed E-state index contributed by atoms with van der Waals surface area (Å²) in [6, 6.07) is 17.6. The van der Waals surface area contributed by atoms with Gasteiger partial charge in [-0.3, -0.25) is 4.79 Å². The van der Waals surface area contributed by atoms with Gasteiger partial charge in [-0.2, -0.15) is 5.10 Å². The SMILES string of the molecule is O=C(Nc1ccc(N2N=C(c3ccccc3)CC2=O)cc1)NS(=O)(=O)c1ccc(Cl)s1. The molecule has 0 aliphatic carbocycles. The van der Waals surface area contributed by atoms with Crippen molar-refractivity contribution in [3.05, 3.63) is 76.6 Å². The van der Waals surface area contributed by atoms with Gasteiger partial charge < -0.3 is 5.32 Å². The van der Waals surface area contributed by atoms with Gasteiger partial charge in [-0.25, -0.2) is 22.9 Å². The predicted molar refractivity (Wildman–Crippen MR) is 120 cm³/mol. The second kappa shape index (κ2) is 8.50. The molecule has 0 atom stereocenters. The Kier molecular flexibility index (Phi) is 5.77. The van der Waals surface area contributed by atoms with Gasteiger partial charge in [0.25, 0.3) is 15.9 Å². The molecule has 2 heterocycles. The topological polar surface area (TPSA) is 108 Å². The maximum absolute atomic E-state index is 12.4. The third kappa shape index (κ3) is 4.76. The van der Waals surface area contributed by atoms with Crippen LogP contribution in [0.1, 0.15) is 12.0 Å². The summed E-state index contributed by atoms with van der Waals surface area (Å²) < 4.78 is 26.5. The molecule has 0 unspecified atom stereocenters. The van der Waals surface area contributed by atoms with Crippen molar-refractivity contribution < 1.29 is 18.0 Å². The molecule has 1 aliphatic rings. The van der Waals surface area contributed by atoms with Crippen LogP contribution in [0.2, 0.25) is 4.34 Å². The highest BCUT2D eigenvalue weighted by Gasteiger charge is 2.26. The van der Waals surface area contributed by atoms with Gasteiger partial charge >= 0.3 is 6.03 Å². The number of hydrazone groups is 1. The zero-order valence-corrected chi connectivity index (χ0v) is 18.2. The molecular formula is C20H15ClN4O4S2. The number of anilines is 2. The molecule has 0 radical (unpaired) electrons. The fourth-order valence-corrected chi connectivity index (χ4v) is 5.27. The average molecular weight is 475 g/mol. The number of amides is 3. The second-order valence-corrected chi connectivity index (χ2v) is 10.1. The largest absolute Gasteiger partial charge is 0.333 e. The van der Waals surface area contributed by atoms with E-state index in [4.69, 9.17) is 11.6 Å². The normalized spacial score (nSPS) is 13.8. The molecule has 158 valence electrons. The van der Waals surface area contributed by atoms with E-state index in [0.717, 1.165) is 16.9 Å². The van der Waals surface area contributed by atoms with Gasteiger partial charge in [0.05, 0.1) is 22.2 Å². The van der Waals surface area contributed by atoms with Crippen LogP contribution in [0.25, 0.3) is 0 Å². The minimum atomic E-state index is -4.02. The summed E-state index contributed by atoms with van der Waals surface area (Å²) in [4.78, 5) is 24.5. The number of carbonyl (C=O) groups excluding carboxylic acids is 2. The van der Waals surface area contributed by atoms with E-state index >= 15 is 0 Å². The highest BCUT2D eigenvalue weighted by atomic mass is 35.5. The number of benzene rings is 2. The molecule has 0 saturated carbocycles. The van der Waals surface area contributed by atoms with Crippen LogP contribution < -0.4 is 15.0 Å². The molecule has 3 amide bonds. The Balaban J connectivity index is 1.43. The van der Waals surface area contributed by atoms with E-state index in [2.05, 4.69) is 10.4 Å². The Labute approximate surface area is 187 Å². The molecule has 3 aromatic rings. The molecule has 31 heavy (non-hydrogen) atoms. The Morgan fingerprint density at radius 1 is 1.03 bits per heavy atom. The zero-order valence-electron chi connectivity index (χ0n) is 15.8. The Morgan fingerprint density at radius 2 is 1.74 bits per heavy atom. The molecule has 2 N–H and O–H groups in total. The fourth-order valence-electron chi connectivity index (χ4n) is 2.88. The van der Waals surface area contributed by atoms with Crippen LogP contribution in [0.15, 0.2) is 76.0 Å². The van der Waals surface area contributed by atoms with E-state index in [0.29, 0.717) is 21.4 Å².